The molecule has 0 saturated carbocycles. The zero-order chi connectivity index (χ0) is 15.6. The summed E-state index contributed by atoms with van der Waals surface area (Å²) >= 11 is 11.9. The molecule has 0 spiro atoms. The Bertz CT molecular complexity index is 744. The van der Waals surface area contributed by atoms with E-state index in [1.54, 1.807) is 25.1 Å². The van der Waals surface area contributed by atoms with Crippen LogP contribution in [0.4, 0.5) is 0 Å². The molecule has 0 amide bonds. The second-order valence-electron chi connectivity index (χ2n) is 4.66. The summed E-state index contributed by atoms with van der Waals surface area (Å²) in [4.78, 5) is 4.09. The van der Waals surface area contributed by atoms with Crippen molar-refractivity contribution in [1.29, 1.82) is 0 Å². The van der Waals surface area contributed by atoms with Crippen molar-refractivity contribution >= 4 is 33.0 Å². The molecule has 1 unspecified atom stereocenters. The molecular weight excluding hydrogens is 335 g/mol. The maximum atomic E-state index is 12.0. The maximum absolute atomic E-state index is 12.0. The van der Waals surface area contributed by atoms with Gasteiger partial charge in [0.25, 0.3) is 0 Å². The Morgan fingerprint density at radius 1 is 1.33 bits per heavy atom. The summed E-state index contributed by atoms with van der Waals surface area (Å²) in [5.41, 5.74) is 0.539. The average molecular weight is 349 g/mol. The number of benzene rings is 1. The molecule has 0 fully saturated rings. The first-order valence-electron chi connectivity index (χ1n) is 6.33. The van der Waals surface area contributed by atoms with Crippen LogP contribution >= 0.6 is 23.2 Å². The van der Waals surface area contributed by atoms with Gasteiger partial charge < -0.3 is 4.52 Å². The van der Waals surface area contributed by atoms with Crippen molar-refractivity contribution in [1.82, 2.24) is 10.1 Å². The lowest BCUT2D eigenvalue weighted by atomic mass is 10.2. The van der Waals surface area contributed by atoms with E-state index in [1.165, 1.54) is 0 Å². The first-order valence-corrected chi connectivity index (χ1v) is 8.80. The van der Waals surface area contributed by atoms with Gasteiger partial charge >= 0.3 is 0 Å². The Morgan fingerprint density at radius 3 is 2.67 bits per heavy atom. The molecule has 1 aromatic heterocycles. The van der Waals surface area contributed by atoms with Crippen molar-refractivity contribution in [3.05, 3.63) is 34.1 Å². The number of sulfone groups is 1. The molecule has 8 heteroatoms. The second kappa shape index (κ2) is 6.34. The van der Waals surface area contributed by atoms with E-state index >= 15 is 0 Å². The molecule has 1 heterocycles. The molecule has 1 aromatic carbocycles. The van der Waals surface area contributed by atoms with Crippen LogP contribution in [0.2, 0.25) is 10.0 Å². The van der Waals surface area contributed by atoms with Gasteiger partial charge in [-0.3, -0.25) is 0 Å². The molecule has 0 aliphatic carbocycles. The fraction of sp³-hybridized carbons (Fsp3) is 0.385. The first kappa shape index (κ1) is 16.3. The molecule has 1 atom stereocenters. The van der Waals surface area contributed by atoms with Gasteiger partial charge in [-0.05, 0) is 31.5 Å². The molecule has 0 aliphatic rings. The number of aromatic nitrogens is 2. The van der Waals surface area contributed by atoms with Crippen LogP contribution in [-0.2, 0) is 15.6 Å². The summed E-state index contributed by atoms with van der Waals surface area (Å²) in [6, 6.07) is 4.86. The van der Waals surface area contributed by atoms with Crippen LogP contribution in [0, 0.1) is 0 Å². The van der Waals surface area contributed by atoms with Crippen LogP contribution < -0.4 is 0 Å². The number of rotatable bonds is 5. The van der Waals surface area contributed by atoms with Gasteiger partial charge in [0, 0.05) is 10.6 Å². The Kier molecular flexibility index (Phi) is 4.91. The topological polar surface area (TPSA) is 73.1 Å². The van der Waals surface area contributed by atoms with Crippen molar-refractivity contribution in [3.63, 3.8) is 0 Å². The Balaban J connectivity index is 2.26. The highest BCUT2D eigenvalue weighted by molar-refractivity contribution is 7.91. The van der Waals surface area contributed by atoms with Crippen LogP contribution in [0.3, 0.4) is 0 Å². The van der Waals surface area contributed by atoms with Gasteiger partial charge in [-0.1, -0.05) is 35.3 Å². The smallest absolute Gasteiger partial charge is 0.242 e. The standard InChI is InChI=1S/C13H14Cl2N2O3S/c1-3-8(2)21(18,19)7-12-16-13(17-20-12)10-5-4-9(14)6-11(10)15/h4-6,8H,3,7H2,1-2H3. The van der Waals surface area contributed by atoms with Crippen molar-refractivity contribution in [2.45, 2.75) is 31.3 Å². The summed E-state index contributed by atoms with van der Waals surface area (Å²) < 4.78 is 29.0. The Labute approximate surface area is 133 Å². The average Bonchev–Trinajstić information content (AvgIpc) is 2.85. The van der Waals surface area contributed by atoms with Gasteiger partial charge in [-0.25, -0.2) is 8.42 Å². The van der Waals surface area contributed by atoms with Crippen molar-refractivity contribution in [2.75, 3.05) is 0 Å². The van der Waals surface area contributed by atoms with E-state index in [-0.39, 0.29) is 17.5 Å². The number of nitrogens with zero attached hydrogens (tertiary/aromatic N) is 2. The fourth-order valence-corrected chi connectivity index (χ4v) is 3.41. The van der Waals surface area contributed by atoms with Gasteiger partial charge in [0.05, 0.1) is 10.3 Å². The molecular formula is C13H14Cl2N2O3S. The molecule has 5 nitrogen and oxygen atoms in total. The molecule has 2 aromatic rings. The maximum Gasteiger partial charge on any atom is 0.242 e. The lowest BCUT2D eigenvalue weighted by Crippen LogP contribution is -2.18. The minimum atomic E-state index is -3.30. The summed E-state index contributed by atoms with van der Waals surface area (Å²) in [6.45, 7) is 3.47. The SMILES string of the molecule is CCC(C)S(=O)(=O)Cc1nc(-c2ccc(Cl)cc2Cl)no1. The third-order valence-corrected chi connectivity index (χ3v) is 5.91. The molecule has 0 N–H and O–H groups in total. The minimum Gasteiger partial charge on any atom is -0.338 e. The predicted octanol–water partition coefficient (Wildman–Crippen LogP) is 3.76. The van der Waals surface area contributed by atoms with Crippen LogP contribution in [0.5, 0.6) is 0 Å². The summed E-state index contributed by atoms with van der Waals surface area (Å²) in [6.07, 6.45) is 0.534. The minimum absolute atomic E-state index is 0.0521. The van der Waals surface area contributed by atoms with Gasteiger partial charge in [-0.2, -0.15) is 4.98 Å². The third kappa shape index (κ3) is 3.75. The van der Waals surface area contributed by atoms with Crippen molar-refractivity contribution in [3.8, 4) is 11.4 Å². The van der Waals surface area contributed by atoms with E-state index in [0.29, 0.717) is 22.0 Å². The Hall–Kier alpha value is -1.11. The lowest BCUT2D eigenvalue weighted by Gasteiger charge is -2.07. The van der Waals surface area contributed by atoms with Crippen molar-refractivity contribution in [2.24, 2.45) is 0 Å². The normalized spacial score (nSPS) is 13.3. The number of halogens is 2. The molecule has 114 valence electrons. The summed E-state index contributed by atoms with van der Waals surface area (Å²) in [7, 11) is -3.30. The number of hydrogen-bond donors (Lipinski definition) is 0. The van der Waals surface area contributed by atoms with Gasteiger partial charge in [0.15, 0.2) is 9.84 Å². The van der Waals surface area contributed by atoms with E-state index in [2.05, 4.69) is 10.1 Å². The fourth-order valence-electron chi connectivity index (χ4n) is 1.66. The zero-order valence-electron chi connectivity index (χ0n) is 11.5. The monoisotopic (exact) mass is 348 g/mol. The molecule has 2 rings (SSSR count). The van der Waals surface area contributed by atoms with Crippen LogP contribution in [-0.4, -0.2) is 23.8 Å². The predicted molar refractivity (Wildman–Crippen MR) is 82.1 cm³/mol. The van der Waals surface area contributed by atoms with E-state index < -0.39 is 15.1 Å². The lowest BCUT2D eigenvalue weighted by molar-refractivity contribution is 0.389. The van der Waals surface area contributed by atoms with Crippen LogP contribution in [0.25, 0.3) is 11.4 Å². The van der Waals surface area contributed by atoms with Gasteiger partial charge in [-0.15, -0.1) is 0 Å². The zero-order valence-corrected chi connectivity index (χ0v) is 13.8. The van der Waals surface area contributed by atoms with Gasteiger partial charge in [0.1, 0.15) is 5.75 Å². The Morgan fingerprint density at radius 2 is 2.05 bits per heavy atom. The highest BCUT2D eigenvalue weighted by Gasteiger charge is 2.23. The molecule has 21 heavy (non-hydrogen) atoms. The van der Waals surface area contributed by atoms with Crippen LogP contribution in [0.1, 0.15) is 26.2 Å². The molecule has 0 aliphatic heterocycles. The first-order chi connectivity index (χ1) is 9.83. The van der Waals surface area contributed by atoms with E-state index in [1.807, 2.05) is 6.92 Å². The molecule has 0 saturated heterocycles. The number of hydrogen-bond acceptors (Lipinski definition) is 5. The van der Waals surface area contributed by atoms with E-state index in [9.17, 15) is 8.42 Å². The third-order valence-electron chi connectivity index (χ3n) is 3.15. The summed E-state index contributed by atoms with van der Waals surface area (Å²) in [5.74, 6) is 0.0163. The van der Waals surface area contributed by atoms with E-state index in [0.717, 1.165) is 0 Å². The highest BCUT2D eigenvalue weighted by atomic mass is 35.5. The second-order valence-corrected chi connectivity index (χ2v) is 7.92. The molecule has 0 radical (unpaired) electrons. The summed E-state index contributed by atoms with van der Waals surface area (Å²) in [5, 5.41) is 4.18. The van der Waals surface area contributed by atoms with Gasteiger partial charge in [0.2, 0.25) is 11.7 Å². The van der Waals surface area contributed by atoms with E-state index in [4.69, 9.17) is 27.7 Å². The largest absolute Gasteiger partial charge is 0.338 e. The quantitative estimate of drug-likeness (QED) is 0.822. The molecule has 0 bridgehead atoms. The van der Waals surface area contributed by atoms with Crippen LogP contribution in [0.15, 0.2) is 22.7 Å². The highest BCUT2D eigenvalue weighted by Crippen LogP contribution is 2.28. The van der Waals surface area contributed by atoms with Crippen molar-refractivity contribution < 1.29 is 12.9 Å².